The number of hydrogen-bond acceptors (Lipinski definition) is 5. The zero-order chi connectivity index (χ0) is 21.6. The van der Waals surface area contributed by atoms with E-state index in [0.29, 0.717) is 11.5 Å². The zero-order valence-corrected chi connectivity index (χ0v) is 17.2. The molecular formula is C25H23NO5. The number of methoxy groups -OCH3 is 1. The number of esters is 1. The van der Waals surface area contributed by atoms with Crippen LogP contribution in [0.5, 0.6) is 11.5 Å². The second-order valence-corrected chi connectivity index (χ2v) is 7.09. The quantitative estimate of drug-likeness (QED) is 0.566. The Labute approximate surface area is 181 Å². The minimum absolute atomic E-state index is 0.313. The van der Waals surface area contributed by atoms with Crippen LogP contribution < -0.4 is 14.4 Å². The minimum Gasteiger partial charge on any atom is -0.493 e. The molecule has 0 fully saturated rings. The number of carbonyl (C=O) groups is 2. The third-order valence-electron chi connectivity index (χ3n) is 5.15. The summed E-state index contributed by atoms with van der Waals surface area (Å²) in [6.07, 6.45) is 1.67. The minimum atomic E-state index is -0.629. The Balaban J connectivity index is 1.45. The van der Waals surface area contributed by atoms with Gasteiger partial charge in [-0.1, -0.05) is 48.5 Å². The van der Waals surface area contributed by atoms with Gasteiger partial charge in [0, 0.05) is 0 Å². The standard InChI is InChI=1S/C25H23NO5/c1-29-22-12-6-7-13-23(22)30-17-25(28)31-16-24(27)26-20-10-4-2-8-18(20)14-15-19-9-3-5-11-21(19)26/h2-13H,14-17H2,1H3. The van der Waals surface area contributed by atoms with Crippen molar-refractivity contribution >= 4 is 23.3 Å². The van der Waals surface area contributed by atoms with E-state index in [1.807, 2.05) is 48.5 Å². The Bertz CT molecular complexity index is 1050. The Morgan fingerprint density at radius 2 is 1.32 bits per heavy atom. The van der Waals surface area contributed by atoms with Gasteiger partial charge in [-0.05, 0) is 48.2 Å². The monoisotopic (exact) mass is 417 g/mol. The van der Waals surface area contributed by atoms with Crippen LogP contribution in [0.1, 0.15) is 11.1 Å². The number of para-hydroxylation sites is 4. The van der Waals surface area contributed by atoms with Gasteiger partial charge in [-0.2, -0.15) is 0 Å². The summed E-state index contributed by atoms with van der Waals surface area (Å²) in [5.74, 6) is 0.0101. The molecule has 6 heteroatoms. The van der Waals surface area contributed by atoms with Crippen LogP contribution in [0, 0.1) is 0 Å². The van der Waals surface area contributed by atoms with Crippen LogP contribution in [0.25, 0.3) is 0 Å². The first-order chi connectivity index (χ1) is 15.2. The summed E-state index contributed by atoms with van der Waals surface area (Å²) in [7, 11) is 1.52. The van der Waals surface area contributed by atoms with Crippen molar-refractivity contribution in [3.8, 4) is 11.5 Å². The molecule has 1 amide bonds. The molecule has 0 atom stereocenters. The Kier molecular flexibility index (Phi) is 6.17. The molecule has 0 unspecified atom stereocenters. The van der Waals surface area contributed by atoms with Gasteiger partial charge in [0.15, 0.2) is 24.7 Å². The van der Waals surface area contributed by atoms with Crippen LogP contribution in [-0.2, 0) is 27.2 Å². The number of benzene rings is 3. The normalized spacial score (nSPS) is 12.2. The molecule has 4 rings (SSSR count). The van der Waals surface area contributed by atoms with Gasteiger partial charge in [-0.25, -0.2) is 4.79 Å². The molecule has 6 nitrogen and oxygen atoms in total. The molecule has 1 aliphatic rings. The van der Waals surface area contributed by atoms with E-state index in [9.17, 15) is 9.59 Å². The average Bonchev–Trinajstić information content (AvgIpc) is 2.98. The molecule has 0 aliphatic carbocycles. The highest BCUT2D eigenvalue weighted by molar-refractivity contribution is 6.03. The summed E-state index contributed by atoms with van der Waals surface area (Å²) < 4.78 is 15.9. The Morgan fingerprint density at radius 1 is 0.774 bits per heavy atom. The van der Waals surface area contributed by atoms with E-state index in [1.54, 1.807) is 29.2 Å². The maximum Gasteiger partial charge on any atom is 0.344 e. The molecule has 3 aromatic rings. The van der Waals surface area contributed by atoms with Gasteiger partial charge in [-0.3, -0.25) is 9.69 Å². The molecule has 158 valence electrons. The van der Waals surface area contributed by atoms with Gasteiger partial charge < -0.3 is 14.2 Å². The smallest absolute Gasteiger partial charge is 0.344 e. The summed E-state index contributed by atoms with van der Waals surface area (Å²) >= 11 is 0. The second-order valence-electron chi connectivity index (χ2n) is 7.09. The van der Waals surface area contributed by atoms with E-state index in [-0.39, 0.29) is 19.1 Å². The number of rotatable bonds is 6. The van der Waals surface area contributed by atoms with Crippen molar-refractivity contribution < 1.29 is 23.8 Å². The van der Waals surface area contributed by atoms with Gasteiger partial charge in [0.2, 0.25) is 0 Å². The molecule has 31 heavy (non-hydrogen) atoms. The molecule has 0 saturated carbocycles. The van der Waals surface area contributed by atoms with Crippen LogP contribution in [0.2, 0.25) is 0 Å². The first-order valence-electron chi connectivity index (χ1n) is 10.1. The average molecular weight is 417 g/mol. The second kappa shape index (κ2) is 9.34. The summed E-state index contributed by atoms with van der Waals surface area (Å²) in [6.45, 7) is -0.697. The molecule has 0 N–H and O–H groups in total. The van der Waals surface area contributed by atoms with Crippen molar-refractivity contribution in [1.82, 2.24) is 0 Å². The van der Waals surface area contributed by atoms with Crippen molar-refractivity contribution in [2.45, 2.75) is 12.8 Å². The molecule has 0 aromatic heterocycles. The number of nitrogens with zero attached hydrogens (tertiary/aromatic N) is 1. The van der Waals surface area contributed by atoms with Crippen molar-refractivity contribution in [3.63, 3.8) is 0 Å². The van der Waals surface area contributed by atoms with Gasteiger partial charge in [-0.15, -0.1) is 0 Å². The van der Waals surface area contributed by atoms with Gasteiger partial charge in [0.1, 0.15) is 0 Å². The van der Waals surface area contributed by atoms with E-state index >= 15 is 0 Å². The van der Waals surface area contributed by atoms with Crippen LogP contribution in [0.4, 0.5) is 11.4 Å². The summed E-state index contributed by atoms with van der Waals surface area (Å²) in [5, 5.41) is 0. The highest BCUT2D eigenvalue weighted by Crippen LogP contribution is 2.36. The lowest BCUT2D eigenvalue weighted by atomic mass is 10.0. The fraction of sp³-hybridized carbons (Fsp3) is 0.200. The Morgan fingerprint density at radius 3 is 1.94 bits per heavy atom. The first kappa shape index (κ1) is 20.5. The van der Waals surface area contributed by atoms with E-state index in [0.717, 1.165) is 35.3 Å². The summed E-state index contributed by atoms with van der Waals surface area (Å²) in [4.78, 5) is 27.0. The van der Waals surface area contributed by atoms with Crippen molar-refractivity contribution in [2.24, 2.45) is 0 Å². The van der Waals surface area contributed by atoms with Crippen molar-refractivity contribution in [3.05, 3.63) is 83.9 Å². The molecule has 0 bridgehead atoms. The molecule has 3 aromatic carbocycles. The van der Waals surface area contributed by atoms with E-state index < -0.39 is 5.97 Å². The number of ether oxygens (including phenoxy) is 3. The fourth-order valence-corrected chi connectivity index (χ4v) is 3.67. The first-order valence-corrected chi connectivity index (χ1v) is 10.1. The number of carbonyl (C=O) groups excluding carboxylic acids is 2. The van der Waals surface area contributed by atoms with E-state index in [1.165, 1.54) is 7.11 Å². The van der Waals surface area contributed by atoms with Gasteiger partial charge in [0.05, 0.1) is 18.5 Å². The van der Waals surface area contributed by atoms with Crippen LogP contribution in [0.3, 0.4) is 0 Å². The number of amides is 1. The molecule has 1 heterocycles. The predicted octanol–water partition coefficient (Wildman–Crippen LogP) is 4.08. The summed E-state index contributed by atoms with van der Waals surface area (Å²) in [5.41, 5.74) is 3.80. The lowest BCUT2D eigenvalue weighted by Crippen LogP contribution is -2.32. The number of hydrogen-bond donors (Lipinski definition) is 0. The number of anilines is 2. The summed E-state index contributed by atoms with van der Waals surface area (Å²) in [6, 6.07) is 22.6. The third-order valence-corrected chi connectivity index (χ3v) is 5.15. The molecule has 0 spiro atoms. The van der Waals surface area contributed by atoms with E-state index in [4.69, 9.17) is 14.2 Å². The highest BCUT2D eigenvalue weighted by atomic mass is 16.6. The third kappa shape index (κ3) is 4.53. The lowest BCUT2D eigenvalue weighted by Gasteiger charge is -2.24. The molecule has 0 radical (unpaired) electrons. The van der Waals surface area contributed by atoms with Gasteiger partial charge in [0.25, 0.3) is 5.91 Å². The lowest BCUT2D eigenvalue weighted by molar-refractivity contribution is -0.149. The maximum absolute atomic E-state index is 13.1. The van der Waals surface area contributed by atoms with Crippen LogP contribution in [-0.4, -0.2) is 32.2 Å². The van der Waals surface area contributed by atoms with Crippen molar-refractivity contribution in [2.75, 3.05) is 25.2 Å². The number of aryl methyl sites for hydroxylation is 2. The highest BCUT2D eigenvalue weighted by Gasteiger charge is 2.26. The Hall–Kier alpha value is -3.80. The number of fused-ring (bicyclic) bond motifs is 2. The predicted molar refractivity (Wildman–Crippen MR) is 117 cm³/mol. The van der Waals surface area contributed by atoms with Crippen molar-refractivity contribution in [1.29, 1.82) is 0 Å². The largest absolute Gasteiger partial charge is 0.493 e. The molecule has 0 saturated heterocycles. The van der Waals surface area contributed by atoms with Crippen LogP contribution >= 0.6 is 0 Å². The maximum atomic E-state index is 13.1. The SMILES string of the molecule is COc1ccccc1OCC(=O)OCC(=O)N1c2ccccc2CCc2ccccc21. The zero-order valence-electron chi connectivity index (χ0n) is 17.2. The topological polar surface area (TPSA) is 65.1 Å². The van der Waals surface area contributed by atoms with Gasteiger partial charge >= 0.3 is 5.97 Å². The molecular weight excluding hydrogens is 394 g/mol. The molecule has 1 aliphatic heterocycles. The van der Waals surface area contributed by atoms with E-state index in [2.05, 4.69) is 0 Å². The fourth-order valence-electron chi connectivity index (χ4n) is 3.67. The van der Waals surface area contributed by atoms with Crippen LogP contribution in [0.15, 0.2) is 72.8 Å².